The highest BCUT2D eigenvalue weighted by Crippen LogP contribution is 2.13. The van der Waals surface area contributed by atoms with Crippen LogP contribution in [0.5, 0.6) is 0 Å². The van der Waals surface area contributed by atoms with E-state index in [1.165, 1.54) is 18.2 Å². The lowest BCUT2D eigenvalue weighted by molar-refractivity contribution is 0.102. The van der Waals surface area contributed by atoms with Gasteiger partial charge in [-0.3, -0.25) is 4.79 Å². The summed E-state index contributed by atoms with van der Waals surface area (Å²) in [5.74, 6) is -1.40. The van der Waals surface area contributed by atoms with E-state index in [1.807, 2.05) is 0 Å². The first-order valence-corrected chi connectivity index (χ1v) is 6.10. The minimum absolute atomic E-state index is 0.0209. The summed E-state index contributed by atoms with van der Waals surface area (Å²) in [5, 5.41) is 2.97. The number of rotatable bonds is 2. The van der Waals surface area contributed by atoms with E-state index in [2.05, 4.69) is 10.3 Å². The number of carbonyl (C=O) groups is 1. The fourth-order valence-electron chi connectivity index (χ4n) is 1.88. The quantitative estimate of drug-likeness (QED) is 0.580. The number of nitrogens with zero attached hydrogens (tertiary/aromatic N) is 1. The second-order valence-electron chi connectivity index (χ2n) is 4.29. The largest absolute Gasteiger partial charge is 0.422 e. The van der Waals surface area contributed by atoms with E-state index < -0.39 is 17.5 Å². The van der Waals surface area contributed by atoms with E-state index in [4.69, 9.17) is 4.42 Å². The molecule has 1 N–H and O–H groups in total. The second-order valence-corrected chi connectivity index (χ2v) is 4.29. The Kier molecular flexibility index (Phi) is 3.19. The van der Waals surface area contributed by atoms with E-state index in [-0.39, 0.29) is 11.4 Å². The third kappa shape index (κ3) is 2.64. The van der Waals surface area contributed by atoms with Gasteiger partial charge in [0.25, 0.3) is 5.91 Å². The zero-order chi connectivity index (χ0) is 14.8. The van der Waals surface area contributed by atoms with E-state index in [1.54, 1.807) is 24.3 Å². The molecule has 5 nitrogen and oxygen atoms in total. The minimum Gasteiger partial charge on any atom is -0.422 e. The van der Waals surface area contributed by atoms with E-state index >= 15 is 0 Å². The molecule has 0 aliphatic rings. The van der Waals surface area contributed by atoms with Crippen molar-refractivity contribution in [3.63, 3.8) is 0 Å². The van der Waals surface area contributed by atoms with Gasteiger partial charge in [-0.1, -0.05) is 24.3 Å². The highest BCUT2D eigenvalue weighted by molar-refractivity contribution is 6.04. The third-order valence-corrected chi connectivity index (χ3v) is 2.84. The molecule has 104 valence electrons. The fourth-order valence-corrected chi connectivity index (χ4v) is 1.88. The predicted octanol–water partition coefficient (Wildman–Crippen LogP) is 2.58. The smallest absolute Gasteiger partial charge is 0.349 e. The van der Waals surface area contributed by atoms with Gasteiger partial charge in [0.2, 0.25) is 5.95 Å². The molecular formula is C15H9FN2O3. The number of anilines is 1. The molecule has 1 aromatic carbocycles. The zero-order valence-electron chi connectivity index (χ0n) is 10.7. The molecule has 1 amide bonds. The highest BCUT2D eigenvalue weighted by Gasteiger charge is 2.14. The standard InChI is InChI=1S/C15H9FN2O3/c16-12-6-3-7-13(17-12)18-14(19)10-8-9-4-1-2-5-11(9)21-15(10)20/h1-8H,(H,17,18,19). The van der Waals surface area contributed by atoms with Crippen molar-refractivity contribution in [1.82, 2.24) is 4.98 Å². The summed E-state index contributed by atoms with van der Waals surface area (Å²) in [6.07, 6.45) is 0. The maximum atomic E-state index is 13.0. The number of halogens is 1. The first kappa shape index (κ1) is 13.0. The van der Waals surface area contributed by atoms with Gasteiger partial charge >= 0.3 is 5.63 Å². The van der Waals surface area contributed by atoms with Crippen LogP contribution in [-0.2, 0) is 0 Å². The molecular weight excluding hydrogens is 275 g/mol. The van der Waals surface area contributed by atoms with Crippen LogP contribution in [0, 0.1) is 5.95 Å². The van der Waals surface area contributed by atoms with Gasteiger partial charge in [0.1, 0.15) is 17.0 Å². The molecule has 0 spiro atoms. The molecule has 6 heteroatoms. The van der Waals surface area contributed by atoms with E-state index in [9.17, 15) is 14.0 Å². The lowest BCUT2D eigenvalue weighted by Crippen LogP contribution is -2.21. The number of benzene rings is 1. The maximum Gasteiger partial charge on any atom is 0.349 e. The molecule has 0 aliphatic carbocycles. The molecule has 3 rings (SSSR count). The molecule has 0 radical (unpaired) electrons. The van der Waals surface area contributed by atoms with Crippen molar-refractivity contribution >= 4 is 22.7 Å². The number of hydrogen-bond donors (Lipinski definition) is 1. The molecule has 0 saturated carbocycles. The van der Waals surface area contributed by atoms with Crippen LogP contribution in [0.4, 0.5) is 10.2 Å². The van der Waals surface area contributed by atoms with Gasteiger partial charge < -0.3 is 9.73 Å². The average molecular weight is 284 g/mol. The predicted molar refractivity (Wildman–Crippen MR) is 74.6 cm³/mol. The summed E-state index contributed by atoms with van der Waals surface area (Å²) >= 11 is 0. The Morgan fingerprint density at radius 2 is 1.95 bits per heavy atom. The van der Waals surface area contributed by atoms with Gasteiger partial charge in [-0.25, -0.2) is 9.78 Å². The third-order valence-electron chi connectivity index (χ3n) is 2.84. The molecule has 0 fully saturated rings. The van der Waals surface area contributed by atoms with Gasteiger partial charge in [0, 0.05) is 5.39 Å². The van der Waals surface area contributed by atoms with Crippen molar-refractivity contribution in [2.24, 2.45) is 0 Å². The summed E-state index contributed by atoms with van der Waals surface area (Å²) < 4.78 is 18.0. The monoisotopic (exact) mass is 284 g/mol. The van der Waals surface area contributed by atoms with Crippen LogP contribution >= 0.6 is 0 Å². The minimum atomic E-state index is -0.761. The van der Waals surface area contributed by atoms with Crippen molar-refractivity contribution in [1.29, 1.82) is 0 Å². The number of para-hydroxylation sites is 1. The highest BCUT2D eigenvalue weighted by atomic mass is 19.1. The molecule has 0 bridgehead atoms. The number of hydrogen-bond acceptors (Lipinski definition) is 4. The molecule has 0 unspecified atom stereocenters. The van der Waals surface area contributed by atoms with Crippen LogP contribution in [0.3, 0.4) is 0 Å². The molecule has 2 heterocycles. The van der Waals surface area contributed by atoms with Crippen LogP contribution < -0.4 is 10.9 Å². The fraction of sp³-hybridized carbons (Fsp3) is 0. The summed E-state index contributed by atoms with van der Waals surface area (Å²) in [4.78, 5) is 27.4. The summed E-state index contributed by atoms with van der Waals surface area (Å²) in [6, 6.07) is 12.2. The van der Waals surface area contributed by atoms with Crippen LogP contribution in [0.1, 0.15) is 10.4 Å². The first-order chi connectivity index (χ1) is 10.1. The van der Waals surface area contributed by atoms with Gasteiger partial charge in [-0.15, -0.1) is 0 Å². The lowest BCUT2D eigenvalue weighted by atomic mass is 10.2. The number of aromatic nitrogens is 1. The second kappa shape index (κ2) is 5.16. The van der Waals surface area contributed by atoms with Crippen molar-refractivity contribution in [3.05, 3.63) is 70.5 Å². The summed E-state index contributed by atoms with van der Waals surface area (Å²) in [7, 11) is 0. The SMILES string of the molecule is O=C(Nc1cccc(F)n1)c1cc2ccccc2oc1=O. The number of pyridine rings is 1. The molecule has 3 aromatic rings. The van der Waals surface area contributed by atoms with Crippen molar-refractivity contribution in [2.45, 2.75) is 0 Å². The summed E-state index contributed by atoms with van der Waals surface area (Å²) in [5.41, 5.74) is -0.537. The topological polar surface area (TPSA) is 72.2 Å². The van der Waals surface area contributed by atoms with Gasteiger partial charge in [-0.2, -0.15) is 4.39 Å². The number of nitrogens with one attached hydrogen (secondary N) is 1. The Bertz CT molecular complexity index is 889. The molecule has 0 aliphatic heterocycles. The Labute approximate surface area is 118 Å². The Balaban J connectivity index is 1.98. The van der Waals surface area contributed by atoms with Crippen molar-refractivity contribution < 1.29 is 13.6 Å². The van der Waals surface area contributed by atoms with Crippen LogP contribution in [0.2, 0.25) is 0 Å². The van der Waals surface area contributed by atoms with Crippen LogP contribution in [0.25, 0.3) is 11.0 Å². The van der Waals surface area contributed by atoms with Crippen LogP contribution in [0.15, 0.2) is 57.7 Å². The molecule has 2 aromatic heterocycles. The van der Waals surface area contributed by atoms with E-state index in [0.717, 1.165) is 6.07 Å². The Morgan fingerprint density at radius 1 is 1.14 bits per heavy atom. The van der Waals surface area contributed by atoms with Crippen LogP contribution in [-0.4, -0.2) is 10.9 Å². The number of amides is 1. The molecule has 0 atom stereocenters. The number of carbonyl (C=O) groups excluding carboxylic acids is 1. The first-order valence-electron chi connectivity index (χ1n) is 6.10. The van der Waals surface area contributed by atoms with E-state index in [0.29, 0.717) is 11.0 Å². The van der Waals surface area contributed by atoms with Gasteiger partial charge in [0.05, 0.1) is 0 Å². The van der Waals surface area contributed by atoms with Crippen molar-refractivity contribution in [3.8, 4) is 0 Å². The molecule has 0 saturated heterocycles. The Hall–Kier alpha value is -3.02. The summed E-state index contributed by atoms with van der Waals surface area (Å²) in [6.45, 7) is 0. The lowest BCUT2D eigenvalue weighted by Gasteiger charge is -2.04. The maximum absolute atomic E-state index is 13.0. The van der Waals surface area contributed by atoms with Gasteiger partial charge in [0.15, 0.2) is 0 Å². The number of fused-ring (bicyclic) bond motifs is 1. The Morgan fingerprint density at radius 3 is 2.76 bits per heavy atom. The van der Waals surface area contributed by atoms with Crippen molar-refractivity contribution in [2.75, 3.05) is 5.32 Å². The zero-order valence-corrected chi connectivity index (χ0v) is 10.7. The average Bonchev–Trinajstić information content (AvgIpc) is 2.46. The normalized spacial score (nSPS) is 10.5. The molecule has 21 heavy (non-hydrogen) atoms. The van der Waals surface area contributed by atoms with Gasteiger partial charge in [-0.05, 0) is 24.3 Å².